The molecule has 0 aromatic carbocycles. The minimum atomic E-state index is -3.57. The Balaban J connectivity index is 0. The molecule has 0 radical (unpaired) electrons. The molecule has 0 heterocycles. The van der Waals surface area contributed by atoms with Crippen molar-refractivity contribution in [2.24, 2.45) is 0 Å². The van der Waals surface area contributed by atoms with Crippen LogP contribution >= 0.6 is 6.72 Å². The Hall–Kier alpha value is 1.04. The second kappa shape index (κ2) is 15.0. The fourth-order valence-electron chi connectivity index (χ4n) is 1.79. The molecule has 114 valence electrons. The normalized spacial score (nSPS) is 13.3. The summed E-state index contributed by atoms with van der Waals surface area (Å²) in [7, 11) is 1.18. The van der Waals surface area contributed by atoms with Crippen molar-refractivity contribution in [2.45, 2.75) is 71.1 Å². The molecular weight excluding hydrogens is 306 g/mol. The van der Waals surface area contributed by atoms with Gasteiger partial charge in [-0.1, -0.05) is 58.3 Å². The first-order chi connectivity index (χ1) is 9.02. The monoisotopic (exact) mass is 332 g/mol. The van der Waals surface area contributed by atoms with Crippen LogP contribution in [-0.2, 0) is 25.6 Å². The van der Waals surface area contributed by atoms with Crippen LogP contribution in [0.1, 0.15) is 71.1 Å². The van der Waals surface area contributed by atoms with Crippen LogP contribution in [0.4, 0.5) is 0 Å². The molecule has 4 nitrogen and oxygen atoms in total. The summed E-state index contributed by atoms with van der Waals surface area (Å²) in [6.45, 7) is -1.36. The Kier molecular flexibility index (Phi) is 17.4. The summed E-state index contributed by atoms with van der Waals surface area (Å²) in [6.07, 6.45) is 10.9. The Labute approximate surface area is 150 Å². The topological polar surface area (TPSA) is 58.6 Å². The van der Waals surface area contributed by atoms with Crippen molar-refractivity contribution in [3.63, 3.8) is 0 Å². The molecule has 0 aliphatic rings. The molecule has 0 saturated carbocycles. The Morgan fingerprint density at radius 1 is 1.05 bits per heavy atom. The van der Waals surface area contributed by atoms with E-state index in [0.29, 0.717) is 0 Å². The van der Waals surface area contributed by atoms with E-state index in [-0.39, 0.29) is 36.0 Å². The number of unbranched alkanes of at least 4 members (excludes halogenated alkanes) is 8. The van der Waals surface area contributed by atoms with Crippen molar-refractivity contribution in [3.05, 3.63) is 0 Å². The molecule has 0 amide bonds. The molecular formula is C13H26NaO4PS. The van der Waals surface area contributed by atoms with Crippen molar-refractivity contribution in [2.75, 3.05) is 7.11 Å². The van der Waals surface area contributed by atoms with E-state index in [4.69, 9.17) is 0 Å². The third-order valence-corrected chi connectivity index (χ3v) is 4.47. The standard InChI is InChI=1S/C13H27O4PS.Na/c1-3-4-5-6-7-8-9-10-11-12-13(14)17-18(15,19)16-2;/h3-12H2,1-2H3,(H,15,19);/q;+1/p-1. The van der Waals surface area contributed by atoms with Gasteiger partial charge in [-0.3, -0.25) is 4.79 Å². The molecule has 7 heteroatoms. The van der Waals surface area contributed by atoms with Gasteiger partial charge in [0.2, 0.25) is 0 Å². The van der Waals surface area contributed by atoms with Crippen LogP contribution in [0.15, 0.2) is 0 Å². The molecule has 0 aliphatic carbocycles. The van der Waals surface area contributed by atoms with Crippen LogP contribution in [-0.4, -0.2) is 13.1 Å². The molecule has 1 unspecified atom stereocenters. The molecule has 0 aromatic heterocycles. The summed E-state index contributed by atoms with van der Waals surface area (Å²) in [5, 5.41) is 0. The zero-order valence-electron chi connectivity index (χ0n) is 13.1. The van der Waals surface area contributed by atoms with Gasteiger partial charge in [-0.05, 0) is 18.2 Å². The molecule has 0 aromatic rings. The Morgan fingerprint density at radius 2 is 1.50 bits per heavy atom. The first-order valence-corrected chi connectivity index (χ1v) is 9.66. The third-order valence-electron chi connectivity index (χ3n) is 2.92. The van der Waals surface area contributed by atoms with Gasteiger partial charge in [0, 0.05) is 13.5 Å². The molecule has 0 bridgehead atoms. The van der Waals surface area contributed by atoms with E-state index in [1.165, 1.54) is 45.6 Å². The van der Waals surface area contributed by atoms with Crippen molar-refractivity contribution >= 4 is 24.5 Å². The minimum absolute atomic E-state index is 0. The number of rotatable bonds is 12. The smallest absolute Gasteiger partial charge is 0.770 e. The van der Waals surface area contributed by atoms with Gasteiger partial charge in [-0.15, -0.1) is 0 Å². The van der Waals surface area contributed by atoms with Crippen molar-refractivity contribution in [1.29, 1.82) is 0 Å². The first-order valence-electron chi connectivity index (χ1n) is 7.11. The second-order valence-corrected chi connectivity index (χ2v) is 7.46. The van der Waals surface area contributed by atoms with E-state index in [1.54, 1.807) is 0 Å². The molecule has 20 heavy (non-hydrogen) atoms. The van der Waals surface area contributed by atoms with E-state index >= 15 is 0 Å². The summed E-state index contributed by atoms with van der Waals surface area (Å²) >= 11 is 4.48. The van der Waals surface area contributed by atoms with E-state index in [2.05, 4.69) is 27.8 Å². The maximum absolute atomic E-state index is 11.3. The van der Waals surface area contributed by atoms with Gasteiger partial charge in [0.05, 0.1) is 0 Å². The van der Waals surface area contributed by atoms with Crippen LogP contribution in [0.25, 0.3) is 0 Å². The summed E-state index contributed by atoms with van der Waals surface area (Å²) in [6, 6.07) is 0. The predicted octanol–water partition coefficient (Wildman–Crippen LogP) is 0.686. The zero-order valence-corrected chi connectivity index (χ0v) is 16.8. The van der Waals surface area contributed by atoms with Gasteiger partial charge < -0.3 is 13.9 Å². The third kappa shape index (κ3) is 15.4. The van der Waals surface area contributed by atoms with Gasteiger partial charge in [0.1, 0.15) is 0 Å². The van der Waals surface area contributed by atoms with Gasteiger partial charge >= 0.3 is 35.5 Å². The second-order valence-electron chi connectivity index (χ2n) is 4.67. The fourth-order valence-corrected chi connectivity index (χ4v) is 2.45. The quantitative estimate of drug-likeness (QED) is 0.299. The Morgan fingerprint density at radius 3 is 1.95 bits per heavy atom. The average Bonchev–Trinajstić information content (AvgIpc) is 2.36. The minimum Gasteiger partial charge on any atom is -0.770 e. The summed E-state index contributed by atoms with van der Waals surface area (Å²) in [4.78, 5) is 22.5. The van der Waals surface area contributed by atoms with E-state index < -0.39 is 12.7 Å². The molecule has 0 spiro atoms. The SMILES string of the molecule is CCCCCCCCCCCC(=O)OP([O-])(=S)OC.[Na+]. The summed E-state index contributed by atoms with van der Waals surface area (Å²) < 4.78 is 9.00. The summed E-state index contributed by atoms with van der Waals surface area (Å²) in [5.74, 6) is -0.525. The predicted molar refractivity (Wildman–Crippen MR) is 79.2 cm³/mol. The van der Waals surface area contributed by atoms with Crippen molar-refractivity contribution < 1.29 is 48.3 Å². The van der Waals surface area contributed by atoms with Crippen LogP contribution in [0, 0.1) is 0 Å². The summed E-state index contributed by atoms with van der Waals surface area (Å²) in [5.41, 5.74) is 0. The van der Waals surface area contributed by atoms with E-state index in [9.17, 15) is 9.69 Å². The van der Waals surface area contributed by atoms with Gasteiger partial charge in [-0.2, -0.15) is 0 Å². The molecule has 0 fully saturated rings. The average molecular weight is 332 g/mol. The zero-order chi connectivity index (χ0) is 14.6. The van der Waals surface area contributed by atoms with Crippen molar-refractivity contribution in [1.82, 2.24) is 0 Å². The number of carbonyl (C=O) groups excluding carboxylic acids is 1. The van der Waals surface area contributed by atoms with Gasteiger partial charge in [0.25, 0.3) is 0 Å². The first kappa shape index (κ1) is 23.3. The van der Waals surface area contributed by atoms with E-state index in [0.717, 1.165) is 19.3 Å². The van der Waals surface area contributed by atoms with Crippen molar-refractivity contribution in [3.8, 4) is 0 Å². The van der Waals surface area contributed by atoms with Crippen LogP contribution in [0.2, 0.25) is 0 Å². The van der Waals surface area contributed by atoms with E-state index in [1.807, 2.05) is 0 Å². The largest absolute Gasteiger partial charge is 1.00 e. The fraction of sp³-hybridized carbons (Fsp3) is 0.923. The van der Waals surface area contributed by atoms with Gasteiger partial charge in [-0.25, -0.2) is 0 Å². The van der Waals surface area contributed by atoms with Crippen LogP contribution in [0.5, 0.6) is 0 Å². The molecule has 0 aliphatic heterocycles. The van der Waals surface area contributed by atoms with Crippen LogP contribution in [0.3, 0.4) is 0 Å². The molecule has 0 saturated heterocycles. The maximum Gasteiger partial charge on any atom is 1.00 e. The molecule has 1 atom stereocenters. The molecule has 0 rings (SSSR count). The van der Waals surface area contributed by atoms with Crippen LogP contribution < -0.4 is 34.5 Å². The number of carbonyl (C=O) groups is 1. The molecule has 0 N–H and O–H groups in total. The Bertz CT molecular complexity index is 290. The number of hydrogen-bond acceptors (Lipinski definition) is 5. The maximum atomic E-state index is 11.3. The van der Waals surface area contributed by atoms with Gasteiger partial charge in [0.15, 0.2) is 6.72 Å². The number of hydrogen-bond donors (Lipinski definition) is 0.